The third kappa shape index (κ3) is 44.3. The predicted molar refractivity (Wildman–Crippen MR) is 13.4 cm³/mol. The molecule has 0 aromatic carbocycles. The molecule has 0 spiro atoms. The zero-order valence-electron chi connectivity index (χ0n) is 3.79. The van der Waals surface area contributed by atoms with Crippen molar-refractivity contribution < 1.29 is 88.1 Å². The van der Waals surface area contributed by atoms with Crippen LogP contribution in [0.2, 0.25) is 0 Å². The third-order valence-corrected chi connectivity index (χ3v) is 0. The van der Waals surface area contributed by atoms with Crippen molar-refractivity contribution in [3.05, 3.63) is 0 Å². The van der Waals surface area contributed by atoms with Crippen LogP contribution in [0.4, 0.5) is 0 Å². The Labute approximate surface area is 130 Å². The molecule has 0 aromatic heterocycles. The summed E-state index contributed by atoms with van der Waals surface area (Å²) in [5.41, 5.74) is 0. The van der Waals surface area contributed by atoms with E-state index >= 15 is 0 Å². The average Bonchev–Trinajstić information content (AvgIpc) is 0.722. The van der Waals surface area contributed by atoms with E-state index < -0.39 is 7.82 Å². The first-order valence-electron chi connectivity index (χ1n) is 0.730. The predicted octanol–water partition coefficient (Wildman–Crippen LogP) is -6.20. The summed E-state index contributed by atoms with van der Waals surface area (Å²) in [6.07, 6.45) is 0. The molecule has 0 saturated carbocycles. The van der Waals surface area contributed by atoms with E-state index in [1.807, 2.05) is 0 Å². The molecule has 0 N–H and O–H groups in total. The van der Waals surface area contributed by atoms with Gasteiger partial charge in [-0.15, -0.1) is 0 Å². The van der Waals surface area contributed by atoms with Crippen LogP contribution >= 0.6 is 7.82 Å². The Kier molecular flexibility index (Phi) is 18.1. The molecule has 4 nitrogen and oxygen atoms in total. The van der Waals surface area contributed by atoms with Crippen LogP contribution in [0.1, 0.15) is 0 Å². The minimum Gasteiger partial charge on any atom is -0.822 e. The van der Waals surface area contributed by atoms with Crippen molar-refractivity contribution >= 4 is 45.6 Å². The van der Waals surface area contributed by atoms with Crippen LogP contribution in [-0.4, -0.2) is 37.7 Å². The van der Waals surface area contributed by atoms with Gasteiger partial charge in [-0.1, -0.05) is 0 Å². The van der Waals surface area contributed by atoms with Crippen molar-refractivity contribution in [2.24, 2.45) is 0 Å². The molecular weight excluding hydrogens is 268 g/mol. The second-order valence-corrected chi connectivity index (χ2v) is 1.34. The Bertz CT molecular complexity index is 57.8. The van der Waals surface area contributed by atoms with Gasteiger partial charge in [0.25, 0.3) is 0 Å². The summed E-state index contributed by atoms with van der Waals surface area (Å²) in [4.78, 5) is 25.6. The van der Waals surface area contributed by atoms with Gasteiger partial charge in [-0.25, -0.2) is 0 Å². The standard InChI is InChI=1S/Ca.Cs.H3O4P/c;;1-5(2,3)4/h;;(H3,1,2,3,4)/q+2;+1;/p-3. The average molecular weight is 268 g/mol. The van der Waals surface area contributed by atoms with E-state index in [0.29, 0.717) is 0 Å². The molecular formula is CaCsO4P. The summed E-state index contributed by atoms with van der Waals surface area (Å²) in [5.74, 6) is 0. The van der Waals surface area contributed by atoms with Crippen molar-refractivity contribution in [1.29, 1.82) is 0 Å². The Morgan fingerprint density at radius 2 is 1.14 bits per heavy atom. The van der Waals surface area contributed by atoms with Gasteiger partial charge in [0.1, 0.15) is 0 Å². The first-order valence-corrected chi connectivity index (χ1v) is 2.19. The quantitative estimate of drug-likeness (QED) is 0.323. The minimum atomic E-state index is -5.39. The van der Waals surface area contributed by atoms with Crippen LogP contribution in [-0.2, 0) is 4.57 Å². The van der Waals surface area contributed by atoms with Crippen molar-refractivity contribution in [3.63, 3.8) is 0 Å². The Morgan fingerprint density at radius 1 is 1.14 bits per heavy atom. The van der Waals surface area contributed by atoms with Crippen molar-refractivity contribution in [2.45, 2.75) is 0 Å². The summed E-state index contributed by atoms with van der Waals surface area (Å²) < 4.78 is 8.55. The molecule has 0 bridgehead atoms. The van der Waals surface area contributed by atoms with Gasteiger partial charge in [-0.3, -0.25) is 0 Å². The molecule has 0 atom stereocenters. The molecule has 0 unspecified atom stereocenters. The van der Waals surface area contributed by atoms with Crippen LogP contribution in [0.3, 0.4) is 0 Å². The summed E-state index contributed by atoms with van der Waals surface area (Å²) >= 11 is 0. The monoisotopic (exact) mass is 268 g/mol. The fourth-order valence-corrected chi connectivity index (χ4v) is 0. The number of rotatable bonds is 0. The van der Waals surface area contributed by atoms with Crippen molar-refractivity contribution in [3.8, 4) is 0 Å². The maximum Gasteiger partial charge on any atom is 2.00 e. The van der Waals surface area contributed by atoms with Gasteiger partial charge < -0.3 is 19.2 Å². The number of hydrogen-bond acceptors (Lipinski definition) is 4. The Balaban J connectivity index is -0.0000000800. The zero-order valence-corrected chi connectivity index (χ0v) is 13.2. The molecule has 7 heteroatoms. The molecule has 0 radical (unpaired) electrons. The van der Waals surface area contributed by atoms with Crippen LogP contribution in [0.25, 0.3) is 0 Å². The van der Waals surface area contributed by atoms with Crippen LogP contribution in [0, 0.1) is 0 Å². The van der Waals surface area contributed by atoms with Gasteiger partial charge in [0.2, 0.25) is 0 Å². The molecule has 0 aromatic rings. The van der Waals surface area contributed by atoms with Crippen LogP contribution in [0.15, 0.2) is 0 Å². The van der Waals surface area contributed by atoms with Gasteiger partial charge in [0.05, 0.1) is 0 Å². The van der Waals surface area contributed by atoms with Crippen molar-refractivity contribution in [2.75, 3.05) is 0 Å². The molecule has 0 saturated heterocycles. The van der Waals surface area contributed by atoms with E-state index in [4.69, 9.17) is 19.2 Å². The Hall–Kier alpha value is 3.42. The van der Waals surface area contributed by atoms with Gasteiger partial charge in [0.15, 0.2) is 0 Å². The maximum atomic E-state index is 8.55. The topological polar surface area (TPSA) is 86.2 Å². The molecule has 0 fully saturated rings. The van der Waals surface area contributed by atoms with Gasteiger partial charge in [-0.2, -0.15) is 7.82 Å². The minimum absolute atomic E-state index is 0. The Morgan fingerprint density at radius 3 is 1.14 bits per heavy atom. The van der Waals surface area contributed by atoms with Crippen LogP contribution in [0.5, 0.6) is 0 Å². The molecule has 0 aliphatic rings. The third-order valence-electron chi connectivity index (χ3n) is 0. The largest absolute Gasteiger partial charge is 2.00 e. The van der Waals surface area contributed by atoms with Gasteiger partial charge in [-0.05, 0) is 0 Å². The SMILES string of the molecule is O=P([O-])([O-])[O-].[Ca+2].[Cs+]. The molecule has 32 valence electrons. The van der Waals surface area contributed by atoms with E-state index in [1.165, 1.54) is 0 Å². The first kappa shape index (κ1) is 16.8. The van der Waals surface area contributed by atoms with E-state index in [9.17, 15) is 0 Å². The van der Waals surface area contributed by atoms with Crippen molar-refractivity contribution in [1.82, 2.24) is 0 Å². The summed E-state index contributed by atoms with van der Waals surface area (Å²) in [7, 11) is -5.39. The molecule has 7 heavy (non-hydrogen) atoms. The molecule has 0 aliphatic carbocycles. The second kappa shape index (κ2) is 7.53. The number of hydrogen-bond donors (Lipinski definition) is 0. The van der Waals surface area contributed by atoms with Gasteiger partial charge in [0, 0.05) is 0 Å². The zero-order chi connectivity index (χ0) is 4.50. The summed E-state index contributed by atoms with van der Waals surface area (Å²) in [6, 6.07) is 0. The van der Waals surface area contributed by atoms with E-state index in [-0.39, 0.29) is 107 Å². The smallest absolute Gasteiger partial charge is 0.822 e. The van der Waals surface area contributed by atoms with E-state index in [1.54, 1.807) is 0 Å². The maximum absolute atomic E-state index is 8.55. The summed E-state index contributed by atoms with van der Waals surface area (Å²) in [5, 5.41) is 0. The molecule has 0 rings (SSSR count). The fraction of sp³-hybridized carbons (Fsp3) is 0. The first-order chi connectivity index (χ1) is 2.00. The van der Waals surface area contributed by atoms with Gasteiger partial charge >= 0.3 is 107 Å². The normalized spacial score (nSPS) is 8.43. The van der Waals surface area contributed by atoms with E-state index in [2.05, 4.69) is 0 Å². The second-order valence-electron chi connectivity index (χ2n) is 0.447. The number of phosphoric acid groups is 1. The molecule has 0 heterocycles. The summed E-state index contributed by atoms with van der Waals surface area (Å²) in [6.45, 7) is 0. The fourth-order valence-electron chi connectivity index (χ4n) is 0. The molecule has 0 amide bonds. The van der Waals surface area contributed by atoms with Crippen LogP contribution < -0.4 is 83.6 Å². The molecule has 0 aliphatic heterocycles. The van der Waals surface area contributed by atoms with E-state index in [0.717, 1.165) is 0 Å².